The Kier molecular flexibility index (Phi) is 2.13. The summed E-state index contributed by atoms with van der Waals surface area (Å²) < 4.78 is 1.98. The molecule has 2 aromatic rings. The molecule has 0 unspecified atom stereocenters. The van der Waals surface area contributed by atoms with Gasteiger partial charge in [-0.25, -0.2) is 4.98 Å². The van der Waals surface area contributed by atoms with Gasteiger partial charge in [-0.05, 0) is 25.1 Å². The fraction of sp³-hybridized carbons (Fsp3) is 0.300. The van der Waals surface area contributed by atoms with Gasteiger partial charge in [0.1, 0.15) is 5.82 Å². The number of imidazole rings is 1. The van der Waals surface area contributed by atoms with Gasteiger partial charge in [0, 0.05) is 12.2 Å². The first-order chi connectivity index (χ1) is 6.72. The minimum Gasteiger partial charge on any atom is -0.399 e. The number of nitrogen functional groups attached to an aromatic ring is 1. The number of aryl methyl sites for hydroxylation is 1. The van der Waals surface area contributed by atoms with Crippen LogP contribution in [0.1, 0.15) is 5.82 Å². The first kappa shape index (κ1) is 9.02. The number of anilines is 1. The second-order valence-electron chi connectivity index (χ2n) is 3.28. The van der Waals surface area contributed by atoms with Gasteiger partial charge < -0.3 is 15.4 Å². The van der Waals surface area contributed by atoms with Gasteiger partial charge in [-0.15, -0.1) is 0 Å². The van der Waals surface area contributed by atoms with E-state index in [0.29, 0.717) is 12.2 Å². The molecule has 74 valence electrons. The predicted molar refractivity (Wildman–Crippen MR) is 56.0 cm³/mol. The molecule has 1 aromatic heterocycles. The molecule has 0 radical (unpaired) electrons. The van der Waals surface area contributed by atoms with Crippen molar-refractivity contribution in [1.82, 2.24) is 9.55 Å². The van der Waals surface area contributed by atoms with Crippen molar-refractivity contribution in [3.05, 3.63) is 24.0 Å². The van der Waals surface area contributed by atoms with E-state index in [-0.39, 0.29) is 6.61 Å². The number of aromatic nitrogens is 2. The minimum absolute atomic E-state index is 0.122. The molecule has 4 nitrogen and oxygen atoms in total. The lowest BCUT2D eigenvalue weighted by molar-refractivity contribution is 0.276. The van der Waals surface area contributed by atoms with Crippen molar-refractivity contribution in [1.29, 1.82) is 0 Å². The summed E-state index contributed by atoms with van der Waals surface area (Å²) in [5, 5.41) is 8.90. The number of nitrogens with two attached hydrogens (primary N) is 1. The lowest BCUT2D eigenvalue weighted by Crippen LogP contribution is -2.03. The van der Waals surface area contributed by atoms with E-state index < -0.39 is 0 Å². The van der Waals surface area contributed by atoms with Gasteiger partial charge in [0.2, 0.25) is 0 Å². The molecule has 3 N–H and O–H groups in total. The SMILES string of the molecule is Cc1nc2cc(N)ccc2n1CCO. The van der Waals surface area contributed by atoms with Crippen LogP contribution in [0.3, 0.4) is 0 Å². The van der Waals surface area contributed by atoms with Crippen LogP contribution in [0.2, 0.25) is 0 Å². The van der Waals surface area contributed by atoms with Crippen molar-refractivity contribution in [3.8, 4) is 0 Å². The van der Waals surface area contributed by atoms with Crippen LogP contribution >= 0.6 is 0 Å². The number of hydrogen-bond donors (Lipinski definition) is 2. The van der Waals surface area contributed by atoms with E-state index >= 15 is 0 Å². The highest BCUT2D eigenvalue weighted by Gasteiger charge is 2.06. The Morgan fingerprint density at radius 3 is 3.00 bits per heavy atom. The van der Waals surface area contributed by atoms with Crippen LogP contribution < -0.4 is 5.73 Å². The normalized spacial score (nSPS) is 11.0. The fourth-order valence-corrected chi connectivity index (χ4v) is 1.65. The summed E-state index contributed by atoms with van der Waals surface area (Å²) in [6.45, 7) is 2.62. The van der Waals surface area contributed by atoms with Crippen molar-refractivity contribution >= 4 is 16.7 Å². The highest BCUT2D eigenvalue weighted by molar-refractivity contribution is 5.79. The van der Waals surface area contributed by atoms with E-state index in [1.165, 1.54) is 0 Å². The van der Waals surface area contributed by atoms with Gasteiger partial charge in [-0.3, -0.25) is 0 Å². The van der Waals surface area contributed by atoms with Crippen molar-refractivity contribution < 1.29 is 5.11 Å². The fourth-order valence-electron chi connectivity index (χ4n) is 1.65. The van der Waals surface area contributed by atoms with Crippen molar-refractivity contribution in [2.24, 2.45) is 0 Å². The second-order valence-corrected chi connectivity index (χ2v) is 3.28. The summed E-state index contributed by atoms with van der Waals surface area (Å²) in [4.78, 5) is 4.36. The van der Waals surface area contributed by atoms with E-state index in [9.17, 15) is 0 Å². The molecule has 0 bridgehead atoms. The Balaban J connectivity index is 2.64. The Hall–Kier alpha value is -1.55. The molecule has 0 saturated heterocycles. The van der Waals surface area contributed by atoms with Crippen molar-refractivity contribution in [3.63, 3.8) is 0 Å². The quantitative estimate of drug-likeness (QED) is 0.694. The number of nitrogens with zero attached hydrogens (tertiary/aromatic N) is 2. The van der Waals surface area contributed by atoms with E-state index in [1.54, 1.807) is 0 Å². The topological polar surface area (TPSA) is 64.1 Å². The maximum Gasteiger partial charge on any atom is 0.106 e. The van der Waals surface area contributed by atoms with E-state index in [4.69, 9.17) is 10.8 Å². The van der Waals surface area contributed by atoms with Gasteiger partial charge in [0.15, 0.2) is 0 Å². The Morgan fingerprint density at radius 2 is 2.29 bits per heavy atom. The summed E-state index contributed by atoms with van der Waals surface area (Å²) in [5.41, 5.74) is 8.28. The molecule has 14 heavy (non-hydrogen) atoms. The number of hydrogen-bond acceptors (Lipinski definition) is 3. The molecule has 1 heterocycles. The molecular formula is C10H13N3O. The van der Waals surface area contributed by atoms with Crippen LogP contribution in [0.4, 0.5) is 5.69 Å². The molecular weight excluding hydrogens is 178 g/mol. The average Bonchev–Trinajstić information content (AvgIpc) is 2.43. The average molecular weight is 191 g/mol. The van der Waals surface area contributed by atoms with Crippen molar-refractivity contribution in [2.45, 2.75) is 13.5 Å². The summed E-state index contributed by atoms with van der Waals surface area (Å²) in [6.07, 6.45) is 0. The predicted octanol–water partition coefficient (Wildman–Crippen LogP) is 0.919. The molecule has 0 spiro atoms. The zero-order valence-electron chi connectivity index (χ0n) is 8.07. The number of aliphatic hydroxyl groups excluding tert-OH is 1. The number of benzene rings is 1. The first-order valence-electron chi connectivity index (χ1n) is 4.55. The summed E-state index contributed by atoms with van der Waals surface area (Å²) in [7, 11) is 0. The summed E-state index contributed by atoms with van der Waals surface area (Å²) >= 11 is 0. The molecule has 0 amide bonds. The molecule has 2 rings (SSSR count). The molecule has 0 saturated carbocycles. The monoisotopic (exact) mass is 191 g/mol. The smallest absolute Gasteiger partial charge is 0.106 e. The molecule has 0 fully saturated rings. The molecule has 0 atom stereocenters. The van der Waals surface area contributed by atoms with E-state index in [2.05, 4.69) is 4.98 Å². The van der Waals surface area contributed by atoms with Crippen LogP contribution in [0, 0.1) is 6.92 Å². The summed E-state index contributed by atoms with van der Waals surface area (Å²) in [5.74, 6) is 0.902. The molecule has 1 aromatic carbocycles. The lowest BCUT2D eigenvalue weighted by Gasteiger charge is -2.03. The number of fused-ring (bicyclic) bond motifs is 1. The minimum atomic E-state index is 0.122. The second kappa shape index (κ2) is 3.31. The zero-order chi connectivity index (χ0) is 10.1. The Morgan fingerprint density at radius 1 is 1.50 bits per heavy atom. The lowest BCUT2D eigenvalue weighted by atomic mass is 10.3. The third-order valence-corrected chi connectivity index (χ3v) is 2.29. The number of aliphatic hydroxyl groups is 1. The third kappa shape index (κ3) is 1.33. The van der Waals surface area contributed by atoms with E-state index in [0.717, 1.165) is 16.9 Å². The van der Waals surface area contributed by atoms with E-state index in [1.807, 2.05) is 29.7 Å². The van der Waals surface area contributed by atoms with Gasteiger partial charge in [-0.1, -0.05) is 0 Å². The maximum absolute atomic E-state index is 8.90. The van der Waals surface area contributed by atoms with Crippen LogP contribution in [-0.4, -0.2) is 21.3 Å². The highest BCUT2D eigenvalue weighted by atomic mass is 16.3. The van der Waals surface area contributed by atoms with Crippen LogP contribution in [0.5, 0.6) is 0 Å². The Bertz CT molecular complexity index is 462. The van der Waals surface area contributed by atoms with Crippen LogP contribution in [0.15, 0.2) is 18.2 Å². The number of rotatable bonds is 2. The standard InChI is InChI=1S/C10H13N3O/c1-7-12-9-6-8(11)2-3-10(9)13(7)4-5-14/h2-3,6,14H,4-5,11H2,1H3. The molecule has 0 aliphatic rings. The van der Waals surface area contributed by atoms with Crippen LogP contribution in [-0.2, 0) is 6.54 Å². The van der Waals surface area contributed by atoms with Gasteiger partial charge in [0.05, 0.1) is 17.6 Å². The molecule has 4 heteroatoms. The van der Waals surface area contributed by atoms with Gasteiger partial charge in [-0.2, -0.15) is 0 Å². The molecule has 0 aliphatic heterocycles. The van der Waals surface area contributed by atoms with Gasteiger partial charge in [0.25, 0.3) is 0 Å². The maximum atomic E-state index is 8.90. The van der Waals surface area contributed by atoms with Crippen molar-refractivity contribution in [2.75, 3.05) is 12.3 Å². The molecule has 0 aliphatic carbocycles. The Labute approximate surface area is 82.0 Å². The van der Waals surface area contributed by atoms with Crippen LogP contribution in [0.25, 0.3) is 11.0 Å². The third-order valence-electron chi connectivity index (χ3n) is 2.29. The largest absolute Gasteiger partial charge is 0.399 e. The highest BCUT2D eigenvalue weighted by Crippen LogP contribution is 2.18. The first-order valence-corrected chi connectivity index (χ1v) is 4.55. The van der Waals surface area contributed by atoms with Gasteiger partial charge >= 0.3 is 0 Å². The summed E-state index contributed by atoms with van der Waals surface area (Å²) in [6, 6.07) is 5.62. The zero-order valence-corrected chi connectivity index (χ0v) is 8.07.